The number of nitrogens with one attached hydrogen (secondary N) is 1. The number of hydrogen-bond donors (Lipinski definition) is 1. The molecule has 1 saturated heterocycles. The molecule has 1 aromatic heterocycles. The quantitative estimate of drug-likeness (QED) is 0.789. The fourth-order valence-corrected chi connectivity index (χ4v) is 2.80. The van der Waals surface area contributed by atoms with Gasteiger partial charge in [0.15, 0.2) is 0 Å². The van der Waals surface area contributed by atoms with Crippen LogP contribution in [0, 0.1) is 0 Å². The van der Waals surface area contributed by atoms with Crippen LogP contribution in [0.2, 0.25) is 0 Å². The van der Waals surface area contributed by atoms with Gasteiger partial charge in [0.05, 0.1) is 17.2 Å². The molecule has 1 N–H and O–H groups in total. The van der Waals surface area contributed by atoms with Crippen molar-refractivity contribution in [3.63, 3.8) is 0 Å². The highest BCUT2D eigenvalue weighted by Gasteiger charge is 2.29. The molecular weight excluding hydrogens is 334 g/mol. The SMILES string of the molecule is CC(C)NC(=O)C(=O)N1CCN(C(=O)c2cnc3ccccc3n2)CC1. The molecule has 3 amide bonds. The highest BCUT2D eigenvalue weighted by atomic mass is 16.2. The molecule has 26 heavy (non-hydrogen) atoms. The predicted octanol–water partition coefficient (Wildman–Crippen LogP) is 0.439. The van der Waals surface area contributed by atoms with Crippen molar-refractivity contribution in [2.24, 2.45) is 0 Å². The summed E-state index contributed by atoms with van der Waals surface area (Å²) in [6.45, 7) is 4.94. The lowest BCUT2D eigenvalue weighted by atomic mass is 10.2. The molecular formula is C18H21N5O3. The second-order valence-electron chi connectivity index (χ2n) is 6.46. The fourth-order valence-electron chi connectivity index (χ4n) is 2.80. The molecule has 1 fully saturated rings. The van der Waals surface area contributed by atoms with Crippen molar-refractivity contribution in [1.82, 2.24) is 25.1 Å². The highest BCUT2D eigenvalue weighted by molar-refractivity contribution is 6.35. The molecule has 0 radical (unpaired) electrons. The van der Waals surface area contributed by atoms with Crippen molar-refractivity contribution < 1.29 is 14.4 Å². The third-order valence-corrected chi connectivity index (χ3v) is 4.14. The van der Waals surface area contributed by atoms with Crippen LogP contribution in [0.3, 0.4) is 0 Å². The number of amides is 3. The van der Waals surface area contributed by atoms with Crippen LogP contribution in [0.4, 0.5) is 0 Å². The summed E-state index contributed by atoms with van der Waals surface area (Å²) >= 11 is 0. The van der Waals surface area contributed by atoms with E-state index < -0.39 is 11.8 Å². The standard InChI is InChI=1S/C18H21N5O3/c1-12(2)20-16(24)18(26)23-9-7-22(8-10-23)17(25)15-11-19-13-5-3-4-6-14(13)21-15/h3-6,11-12H,7-10H2,1-2H3,(H,20,24). The number of rotatable bonds is 2. The monoisotopic (exact) mass is 355 g/mol. The van der Waals surface area contributed by atoms with Crippen LogP contribution in [-0.2, 0) is 9.59 Å². The van der Waals surface area contributed by atoms with Crippen molar-refractivity contribution in [1.29, 1.82) is 0 Å². The second-order valence-corrected chi connectivity index (χ2v) is 6.46. The Balaban J connectivity index is 1.62. The van der Waals surface area contributed by atoms with Gasteiger partial charge in [0, 0.05) is 32.2 Å². The zero-order chi connectivity index (χ0) is 18.7. The van der Waals surface area contributed by atoms with E-state index in [1.807, 2.05) is 24.3 Å². The van der Waals surface area contributed by atoms with Crippen LogP contribution >= 0.6 is 0 Å². The van der Waals surface area contributed by atoms with Crippen LogP contribution < -0.4 is 5.32 Å². The van der Waals surface area contributed by atoms with Gasteiger partial charge in [-0.2, -0.15) is 0 Å². The molecule has 3 rings (SSSR count). The molecule has 0 spiro atoms. The molecule has 2 heterocycles. The van der Waals surface area contributed by atoms with Crippen molar-refractivity contribution in [2.75, 3.05) is 26.2 Å². The summed E-state index contributed by atoms with van der Waals surface area (Å²) in [5.74, 6) is -1.39. The van der Waals surface area contributed by atoms with Gasteiger partial charge in [-0.15, -0.1) is 0 Å². The minimum Gasteiger partial charge on any atom is -0.346 e. The second kappa shape index (κ2) is 7.47. The molecule has 136 valence electrons. The summed E-state index contributed by atoms with van der Waals surface area (Å²) in [7, 11) is 0. The molecule has 0 saturated carbocycles. The third-order valence-electron chi connectivity index (χ3n) is 4.14. The summed E-state index contributed by atoms with van der Waals surface area (Å²) in [6, 6.07) is 7.26. The number of aromatic nitrogens is 2. The maximum atomic E-state index is 12.6. The first-order valence-electron chi connectivity index (χ1n) is 8.56. The summed E-state index contributed by atoms with van der Waals surface area (Å²) in [5, 5.41) is 2.59. The summed E-state index contributed by atoms with van der Waals surface area (Å²) < 4.78 is 0. The molecule has 0 aliphatic carbocycles. The van der Waals surface area contributed by atoms with Gasteiger partial charge in [-0.05, 0) is 26.0 Å². The Morgan fingerprint density at radius 3 is 2.27 bits per heavy atom. The van der Waals surface area contributed by atoms with Gasteiger partial charge in [-0.1, -0.05) is 12.1 Å². The largest absolute Gasteiger partial charge is 0.346 e. The maximum Gasteiger partial charge on any atom is 0.312 e. The lowest BCUT2D eigenvalue weighted by Gasteiger charge is -2.34. The van der Waals surface area contributed by atoms with Gasteiger partial charge in [-0.3, -0.25) is 19.4 Å². The van der Waals surface area contributed by atoms with Crippen molar-refractivity contribution in [3.8, 4) is 0 Å². The minimum absolute atomic E-state index is 0.0965. The van der Waals surface area contributed by atoms with Crippen LogP contribution in [0.1, 0.15) is 24.3 Å². The molecule has 0 unspecified atom stereocenters. The number of piperazine rings is 1. The van der Waals surface area contributed by atoms with Crippen molar-refractivity contribution in [3.05, 3.63) is 36.2 Å². The van der Waals surface area contributed by atoms with E-state index in [-0.39, 0.29) is 17.6 Å². The zero-order valence-electron chi connectivity index (χ0n) is 14.8. The zero-order valence-corrected chi connectivity index (χ0v) is 14.8. The van der Waals surface area contributed by atoms with Crippen molar-refractivity contribution in [2.45, 2.75) is 19.9 Å². The van der Waals surface area contributed by atoms with Crippen molar-refractivity contribution >= 4 is 28.8 Å². The summed E-state index contributed by atoms with van der Waals surface area (Å²) in [6.07, 6.45) is 1.47. The normalized spacial score (nSPS) is 14.6. The molecule has 1 aromatic carbocycles. The van der Waals surface area contributed by atoms with Gasteiger partial charge >= 0.3 is 11.8 Å². The smallest absolute Gasteiger partial charge is 0.312 e. The Morgan fingerprint density at radius 2 is 1.62 bits per heavy atom. The Bertz CT molecular complexity index is 844. The predicted molar refractivity (Wildman–Crippen MR) is 95.3 cm³/mol. The first kappa shape index (κ1) is 17.8. The van der Waals surface area contributed by atoms with Gasteiger partial charge in [0.1, 0.15) is 5.69 Å². The van der Waals surface area contributed by atoms with Gasteiger partial charge in [0.2, 0.25) is 0 Å². The van der Waals surface area contributed by atoms with Crippen LogP contribution in [0.15, 0.2) is 30.5 Å². The molecule has 8 heteroatoms. The maximum absolute atomic E-state index is 12.6. The average Bonchev–Trinajstić information content (AvgIpc) is 2.66. The lowest BCUT2D eigenvalue weighted by Crippen LogP contribution is -2.54. The van der Waals surface area contributed by atoms with E-state index in [9.17, 15) is 14.4 Å². The van der Waals surface area contributed by atoms with Crippen LogP contribution in [-0.4, -0.2) is 69.7 Å². The molecule has 1 aliphatic rings. The number of carbonyl (C=O) groups excluding carboxylic acids is 3. The summed E-state index contributed by atoms with van der Waals surface area (Å²) in [5.41, 5.74) is 1.68. The van der Waals surface area contributed by atoms with E-state index >= 15 is 0 Å². The Kier molecular flexibility index (Phi) is 5.11. The topological polar surface area (TPSA) is 95.5 Å². The fraction of sp³-hybridized carbons (Fsp3) is 0.389. The highest BCUT2D eigenvalue weighted by Crippen LogP contribution is 2.12. The minimum atomic E-state index is -0.611. The Labute approximate surface area is 151 Å². The average molecular weight is 355 g/mol. The molecule has 0 bridgehead atoms. The third kappa shape index (κ3) is 3.79. The van der Waals surface area contributed by atoms with Gasteiger partial charge in [-0.25, -0.2) is 4.98 Å². The van der Waals surface area contributed by atoms with Gasteiger partial charge < -0.3 is 15.1 Å². The van der Waals surface area contributed by atoms with E-state index in [0.29, 0.717) is 31.7 Å². The number of para-hydroxylation sites is 2. The van der Waals surface area contributed by atoms with E-state index in [1.54, 1.807) is 18.7 Å². The van der Waals surface area contributed by atoms with E-state index in [0.717, 1.165) is 5.52 Å². The molecule has 2 aromatic rings. The van der Waals surface area contributed by atoms with E-state index in [2.05, 4.69) is 15.3 Å². The summed E-state index contributed by atoms with van der Waals surface area (Å²) in [4.78, 5) is 48.3. The first-order chi connectivity index (χ1) is 12.5. The Morgan fingerprint density at radius 1 is 1.00 bits per heavy atom. The van der Waals surface area contributed by atoms with Gasteiger partial charge in [0.25, 0.3) is 5.91 Å². The number of benzene rings is 1. The number of carbonyl (C=O) groups is 3. The Hall–Kier alpha value is -3.03. The van der Waals surface area contributed by atoms with Crippen LogP contribution in [0.5, 0.6) is 0 Å². The van der Waals surface area contributed by atoms with E-state index in [4.69, 9.17) is 0 Å². The number of hydrogen-bond acceptors (Lipinski definition) is 5. The van der Waals surface area contributed by atoms with E-state index in [1.165, 1.54) is 11.1 Å². The number of fused-ring (bicyclic) bond motifs is 1. The molecule has 8 nitrogen and oxygen atoms in total. The molecule has 0 atom stereocenters. The lowest BCUT2D eigenvalue weighted by molar-refractivity contribution is -0.147. The first-order valence-corrected chi connectivity index (χ1v) is 8.56. The number of nitrogens with zero attached hydrogens (tertiary/aromatic N) is 4. The van der Waals surface area contributed by atoms with Crippen LogP contribution in [0.25, 0.3) is 11.0 Å². The molecule has 1 aliphatic heterocycles.